The summed E-state index contributed by atoms with van der Waals surface area (Å²) in [5.41, 5.74) is 0.312. The first kappa shape index (κ1) is 10.7. The van der Waals surface area contributed by atoms with Gasteiger partial charge in [0.2, 0.25) is 0 Å². The maximum Gasteiger partial charge on any atom is 0.335 e. The molecule has 0 unspecified atom stereocenters. The molecule has 1 aromatic carbocycles. The summed E-state index contributed by atoms with van der Waals surface area (Å²) in [5, 5.41) is 9.61. The fraction of sp³-hybridized carbons (Fsp3) is 0.308. The van der Waals surface area contributed by atoms with Crippen LogP contribution < -0.4 is 0 Å². The lowest BCUT2D eigenvalue weighted by atomic mass is 9.95. The highest BCUT2D eigenvalue weighted by Crippen LogP contribution is 2.30. The molecule has 0 fully saturated rings. The molecule has 0 amide bonds. The summed E-state index contributed by atoms with van der Waals surface area (Å²) >= 11 is 0. The predicted octanol–water partition coefficient (Wildman–Crippen LogP) is 2.38. The Hall–Kier alpha value is -1.77. The Labute approximate surface area is 94.4 Å². The van der Waals surface area contributed by atoms with E-state index in [1.165, 1.54) is 5.56 Å². The highest BCUT2D eigenvalue weighted by molar-refractivity contribution is 5.86. The van der Waals surface area contributed by atoms with Crippen LogP contribution in [0.25, 0.3) is 0 Å². The summed E-state index contributed by atoms with van der Waals surface area (Å²) in [5.74, 6) is -0.443. The number of esters is 1. The third kappa shape index (κ3) is 2.08. The summed E-state index contributed by atoms with van der Waals surface area (Å²) in [6, 6.07) is 9.92. The Morgan fingerprint density at radius 3 is 2.56 bits per heavy atom. The lowest BCUT2D eigenvalue weighted by Gasteiger charge is -2.23. The molecule has 1 aliphatic rings. The Bertz CT molecular complexity index is 422. The molecule has 0 spiro atoms. The third-order valence-electron chi connectivity index (χ3n) is 2.86. The number of cyclic esters (lactones) is 1. The van der Waals surface area contributed by atoms with Crippen molar-refractivity contribution < 1.29 is 14.6 Å². The van der Waals surface area contributed by atoms with Crippen molar-refractivity contribution in [3.05, 3.63) is 47.7 Å². The summed E-state index contributed by atoms with van der Waals surface area (Å²) in [4.78, 5) is 11.0. The van der Waals surface area contributed by atoms with Gasteiger partial charge in [-0.1, -0.05) is 30.3 Å². The molecule has 1 atom stereocenters. The van der Waals surface area contributed by atoms with Gasteiger partial charge in [-0.2, -0.15) is 0 Å². The second-order valence-electron chi connectivity index (χ2n) is 4.17. The number of carbonyl (C=O) groups excluding carboxylic acids is 1. The van der Waals surface area contributed by atoms with Crippen molar-refractivity contribution in [3.63, 3.8) is 0 Å². The molecule has 2 rings (SSSR count). The van der Waals surface area contributed by atoms with E-state index in [9.17, 15) is 9.90 Å². The number of aliphatic hydroxyl groups excluding tert-OH is 1. The maximum atomic E-state index is 11.0. The van der Waals surface area contributed by atoms with Crippen molar-refractivity contribution in [3.8, 4) is 0 Å². The van der Waals surface area contributed by atoms with Crippen LogP contribution in [0, 0.1) is 0 Å². The second-order valence-corrected chi connectivity index (χ2v) is 4.17. The van der Waals surface area contributed by atoms with E-state index in [1.807, 2.05) is 30.3 Å². The number of aliphatic hydroxyl groups is 1. The molecule has 0 aliphatic carbocycles. The zero-order chi connectivity index (χ0) is 11.6. The highest BCUT2D eigenvalue weighted by atomic mass is 16.6. The normalized spacial score (nSPS) is 24.1. The predicted molar refractivity (Wildman–Crippen MR) is 60.0 cm³/mol. The smallest absolute Gasteiger partial charge is 0.335 e. The number of rotatable bonds is 3. The molecule has 16 heavy (non-hydrogen) atoms. The summed E-state index contributed by atoms with van der Waals surface area (Å²) in [6.45, 7) is 1.73. The Kier molecular flexibility index (Phi) is 2.69. The van der Waals surface area contributed by atoms with Crippen LogP contribution in [0.5, 0.6) is 0 Å². The van der Waals surface area contributed by atoms with Gasteiger partial charge in [0.1, 0.15) is 5.76 Å². The number of aryl methyl sites for hydroxylation is 1. The van der Waals surface area contributed by atoms with Crippen molar-refractivity contribution in [1.29, 1.82) is 0 Å². The van der Waals surface area contributed by atoms with Gasteiger partial charge in [0.25, 0.3) is 0 Å². The summed E-state index contributed by atoms with van der Waals surface area (Å²) < 4.78 is 5.10. The number of ether oxygens (including phenoxy) is 1. The average Bonchev–Trinajstić information content (AvgIpc) is 2.52. The van der Waals surface area contributed by atoms with E-state index < -0.39 is 11.6 Å². The molecule has 0 saturated heterocycles. The van der Waals surface area contributed by atoms with Crippen molar-refractivity contribution >= 4 is 5.97 Å². The molecule has 0 saturated carbocycles. The van der Waals surface area contributed by atoms with Crippen molar-refractivity contribution in [2.24, 2.45) is 0 Å². The van der Waals surface area contributed by atoms with Gasteiger partial charge in [0, 0.05) is 0 Å². The van der Waals surface area contributed by atoms with Gasteiger partial charge in [0.15, 0.2) is 5.60 Å². The van der Waals surface area contributed by atoms with Crippen LogP contribution >= 0.6 is 0 Å². The van der Waals surface area contributed by atoms with Crippen LogP contribution in [0.2, 0.25) is 0 Å². The quantitative estimate of drug-likeness (QED) is 0.792. The Morgan fingerprint density at radius 2 is 2.00 bits per heavy atom. The molecule has 1 heterocycles. The van der Waals surface area contributed by atoms with Gasteiger partial charge in [0.05, 0.1) is 6.08 Å². The molecule has 0 bridgehead atoms. The van der Waals surface area contributed by atoms with E-state index in [4.69, 9.17) is 4.74 Å². The van der Waals surface area contributed by atoms with Crippen LogP contribution in [-0.2, 0) is 16.0 Å². The van der Waals surface area contributed by atoms with Gasteiger partial charge < -0.3 is 9.84 Å². The molecule has 0 aromatic heterocycles. The van der Waals surface area contributed by atoms with Gasteiger partial charge in [-0.3, -0.25) is 0 Å². The zero-order valence-corrected chi connectivity index (χ0v) is 9.14. The Balaban J connectivity index is 2.01. The van der Waals surface area contributed by atoms with E-state index in [-0.39, 0.29) is 5.76 Å². The first-order valence-electron chi connectivity index (χ1n) is 5.28. The monoisotopic (exact) mass is 218 g/mol. The Morgan fingerprint density at radius 1 is 1.31 bits per heavy atom. The maximum absolute atomic E-state index is 11.0. The standard InChI is InChI=1S/C13H14O3/c1-13(11(14)9-12(15)16-13)8-7-10-5-3-2-4-6-10/h2-6,9,14H,7-8H2,1H3/t13-/m0/s1. The van der Waals surface area contributed by atoms with Gasteiger partial charge in [-0.25, -0.2) is 4.79 Å². The topological polar surface area (TPSA) is 46.5 Å². The van der Waals surface area contributed by atoms with Gasteiger partial charge in [-0.05, 0) is 25.3 Å². The fourth-order valence-corrected chi connectivity index (χ4v) is 1.77. The molecule has 3 nitrogen and oxygen atoms in total. The largest absolute Gasteiger partial charge is 0.508 e. The van der Waals surface area contributed by atoms with Crippen LogP contribution in [-0.4, -0.2) is 16.7 Å². The SMILES string of the molecule is C[C@@]1(CCc2ccccc2)OC(=O)C=C1O. The average molecular weight is 218 g/mol. The van der Waals surface area contributed by atoms with Crippen molar-refractivity contribution in [2.75, 3.05) is 0 Å². The minimum atomic E-state index is -0.854. The number of hydrogen-bond donors (Lipinski definition) is 1. The van der Waals surface area contributed by atoms with Crippen LogP contribution in [0.3, 0.4) is 0 Å². The van der Waals surface area contributed by atoms with Crippen LogP contribution in [0.15, 0.2) is 42.2 Å². The second kappa shape index (κ2) is 4.00. The van der Waals surface area contributed by atoms with Crippen molar-refractivity contribution in [2.45, 2.75) is 25.4 Å². The first-order chi connectivity index (χ1) is 7.60. The van der Waals surface area contributed by atoms with E-state index in [1.54, 1.807) is 6.92 Å². The first-order valence-corrected chi connectivity index (χ1v) is 5.28. The molecule has 84 valence electrons. The molecule has 1 aromatic rings. The molecular weight excluding hydrogens is 204 g/mol. The van der Waals surface area contributed by atoms with E-state index in [2.05, 4.69) is 0 Å². The molecule has 1 N–H and O–H groups in total. The van der Waals surface area contributed by atoms with E-state index in [0.717, 1.165) is 12.5 Å². The highest BCUT2D eigenvalue weighted by Gasteiger charge is 2.38. The number of carbonyl (C=O) groups is 1. The molecular formula is C13H14O3. The van der Waals surface area contributed by atoms with E-state index in [0.29, 0.717) is 6.42 Å². The van der Waals surface area contributed by atoms with E-state index >= 15 is 0 Å². The third-order valence-corrected chi connectivity index (χ3v) is 2.86. The number of hydrogen-bond acceptors (Lipinski definition) is 3. The van der Waals surface area contributed by atoms with Gasteiger partial charge >= 0.3 is 5.97 Å². The zero-order valence-electron chi connectivity index (χ0n) is 9.14. The minimum absolute atomic E-state index is 0.0217. The minimum Gasteiger partial charge on any atom is -0.508 e. The molecule has 0 radical (unpaired) electrons. The summed E-state index contributed by atoms with van der Waals surface area (Å²) in [7, 11) is 0. The summed E-state index contributed by atoms with van der Waals surface area (Å²) in [6.07, 6.45) is 2.50. The van der Waals surface area contributed by atoms with Crippen LogP contribution in [0.1, 0.15) is 18.9 Å². The lowest BCUT2D eigenvalue weighted by molar-refractivity contribution is -0.146. The fourth-order valence-electron chi connectivity index (χ4n) is 1.77. The number of benzene rings is 1. The van der Waals surface area contributed by atoms with Gasteiger partial charge in [-0.15, -0.1) is 0 Å². The van der Waals surface area contributed by atoms with Crippen molar-refractivity contribution in [1.82, 2.24) is 0 Å². The van der Waals surface area contributed by atoms with Crippen LogP contribution in [0.4, 0.5) is 0 Å². The lowest BCUT2D eigenvalue weighted by Crippen LogP contribution is -2.28. The molecule has 1 aliphatic heterocycles. The molecule has 3 heteroatoms.